The maximum absolute atomic E-state index is 12.7. The number of nitrogen functional groups attached to an aromatic ring is 1. The van der Waals surface area contributed by atoms with Gasteiger partial charge < -0.3 is 11.1 Å². The highest BCUT2D eigenvalue weighted by Gasteiger charge is 2.27. The van der Waals surface area contributed by atoms with Gasteiger partial charge in [-0.05, 0) is 67.1 Å². The van der Waals surface area contributed by atoms with Crippen LogP contribution < -0.4 is 16.0 Å². The first-order chi connectivity index (χ1) is 15.3. The van der Waals surface area contributed by atoms with E-state index in [9.17, 15) is 14.4 Å². The molecule has 1 heterocycles. The molecule has 3 aromatic carbocycles. The Labute approximate surface area is 188 Å². The maximum atomic E-state index is 12.7. The molecule has 0 aliphatic carbocycles. The van der Waals surface area contributed by atoms with Crippen LogP contribution in [0.2, 0.25) is 0 Å². The second-order valence-corrected chi connectivity index (χ2v) is 8.31. The van der Waals surface area contributed by atoms with Crippen molar-refractivity contribution in [1.82, 2.24) is 4.98 Å². The number of nitrogens with one attached hydrogen (secondary N) is 1. The molecule has 0 aliphatic heterocycles. The van der Waals surface area contributed by atoms with Crippen molar-refractivity contribution in [3.8, 4) is 10.6 Å². The highest BCUT2D eigenvalue weighted by atomic mass is 32.1. The molecule has 4 aromatic rings. The number of thiazole rings is 1. The van der Waals surface area contributed by atoms with E-state index in [1.807, 2.05) is 31.2 Å². The topological polar surface area (TPSA) is 105 Å². The second-order valence-electron chi connectivity index (χ2n) is 7.28. The SMILES string of the molecule is CC(=O)N(C(=O)C(=O)Nc1ccc(-c2nc3ccc(C)cc3s2)cc1)c1cccc(N)c1. The lowest BCUT2D eigenvalue weighted by Crippen LogP contribution is -2.42. The molecule has 32 heavy (non-hydrogen) atoms. The largest absolute Gasteiger partial charge is 0.399 e. The summed E-state index contributed by atoms with van der Waals surface area (Å²) in [7, 11) is 0. The van der Waals surface area contributed by atoms with Crippen LogP contribution in [0.4, 0.5) is 17.1 Å². The van der Waals surface area contributed by atoms with Crippen LogP contribution in [0.3, 0.4) is 0 Å². The smallest absolute Gasteiger partial charge is 0.323 e. The van der Waals surface area contributed by atoms with E-state index in [-0.39, 0.29) is 5.69 Å². The van der Waals surface area contributed by atoms with Crippen molar-refractivity contribution >= 4 is 56.3 Å². The third-order valence-corrected chi connectivity index (χ3v) is 5.84. The van der Waals surface area contributed by atoms with Gasteiger partial charge in [0, 0.05) is 23.9 Å². The first-order valence-electron chi connectivity index (χ1n) is 9.81. The van der Waals surface area contributed by atoms with Gasteiger partial charge in [0.05, 0.1) is 15.9 Å². The summed E-state index contributed by atoms with van der Waals surface area (Å²) in [6, 6.07) is 19.4. The quantitative estimate of drug-likeness (QED) is 0.361. The monoisotopic (exact) mass is 444 g/mol. The van der Waals surface area contributed by atoms with Gasteiger partial charge in [0.2, 0.25) is 5.91 Å². The number of nitrogens with zero attached hydrogens (tertiary/aromatic N) is 2. The average Bonchev–Trinajstić information content (AvgIpc) is 3.17. The van der Waals surface area contributed by atoms with Crippen molar-refractivity contribution in [2.24, 2.45) is 0 Å². The molecule has 3 N–H and O–H groups in total. The van der Waals surface area contributed by atoms with Crippen LogP contribution in [0.15, 0.2) is 66.7 Å². The predicted molar refractivity (Wildman–Crippen MR) is 127 cm³/mol. The second kappa shape index (κ2) is 8.60. The Morgan fingerprint density at radius 3 is 2.44 bits per heavy atom. The zero-order chi connectivity index (χ0) is 22.8. The van der Waals surface area contributed by atoms with Crippen LogP contribution in [0.5, 0.6) is 0 Å². The minimum absolute atomic E-state index is 0.235. The van der Waals surface area contributed by atoms with Crippen LogP contribution in [-0.2, 0) is 14.4 Å². The van der Waals surface area contributed by atoms with E-state index in [0.717, 1.165) is 25.7 Å². The van der Waals surface area contributed by atoms with E-state index < -0.39 is 17.7 Å². The lowest BCUT2D eigenvalue weighted by atomic mass is 10.2. The number of nitrogens with two attached hydrogens (primary N) is 1. The minimum Gasteiger partial charge on any atom is -0.399 e. The third-order valence-electron chi connectivity index (χ3n) is 4.77. The highest BCUT2D eigenvalue weighted by Crippen LogP contribution is 2.31. The van der Waals surface area contributed by atoms with Crippen LogP contribution in [0.25, 0.3) is 20.8 Å². The molecule has 0 saturated carbocycles. The number of rotatable bonds is 3. The molecule has 1 aromatic heterocycles. The summed E-state index contributed by atoms with van der Waals surface area (Å²) in [4.78, 5) is 42.7. The summed E-state index contributed by atoms with van der Waals surface area (Å²) in [5.41, 5.74) is 9.79. The van der Waals surface area contributed by atoms with Crippen LogP contribution in [-0.4, -0.2) is 22.7 Å². The maximum Gasteiger partial charge on any atom is 0.323 e. The molecule has 0 aliphatic rings. The summed E-state index contributed by atoms with van der Waals surface area (Å²) in [5.74, 6) is -2.50. The molecule has 3 amide bonds. The number of aromatic nitrogens is 1. The van der Waals surface area contributed by atoms with Gasteiger partial charge in [-0.2, -0.15) is 0 Å². The van der Waals surface area contributed by atoms with Gasteiger partial charge in [-0.3, -0.25) is 14.4 Å². The number of fused-ring (bicyclic) bond motifs is 1. The number of carbonyl (C=O) groups excluding carboxylic acids is 3. The Balaban J connectivity index is 1.51. The summed E-state index contributed by atoms with van der Waals surface area (Å²) in [6.07, 6.45) is 0. The Kier molecular flexibility index (Phi) is 5.70. The fourth-order valence-electron chi connectivity index (χ4n) is 3.24. The van der Waals surface area contributed by atoms with Crippen LogP contribution in [0.1, 0.15) is 12.5 Å². The minimum atomic E-state index is -0.992. The number of imide groups is 1. The van der Waals surface area contributed by atoms with Crippen LogP contribution in [0, 0.1) is 6.92 Å². The van der Waals surface area contributed by atoms with Gasteiger partial charge in [0.25, 0.3) is 0 Å². The van der Waals surface area contributed by atoms with E-state index in [1.54, 1.807) is 35.6 Å². The van der Waals surface area contributed by atoms with Crippen molar-refractivity contribution in [2.75, 3.05) is 16.0 Å². The van der Waals surface area contributed by atoms with Gasteiger partial charge >= 0.3 is 11.8 Å². The molecule has 0 atom stereocenters. The molecular weight excluding hydrogens is 424 g/mol. The van der Waals surface area contributed by atoms with E-state index in [2.05, 4.69) is 16.4 Å². The molecule has 0 fully saturated rings. The molecule has 0 unspecified atom stereocenters. The van der Waals surface area contributed by atoms with Gasteiger partial charge in [-0.25, -0.2) is 9.88 Å². The molecule has 0 spiro atoms. The van der Waals surface area contributed by atoms with Crippen molar-refractivity contribution in [3.63, 3.8) is 0 Å². The lowest BCUT2D eigenvalue weighted by molar-refractivity contribution is -0.136. The number of benzene rings is 3. The fourth-order valence-corrected chi connectivity index (χ4v) is 4.31. The molecule has 0 radical (unpaired) electrons. The third kappa shape index (κ3) is 4.35. The van der Waals surface area contributed by atoms with E-state index >= 15 is 0 Å². The number of anilines is 3. The summed E-state index contributed by atoms with van der Waals surface area (Å²) < 4.78 is 1.11. The summed E-state index contributed by atoms with van der Waals surface area (Å²) in [5, 5.41) is 3.41. The van der Waals surface area contributed by atoms with Crippen molar-refractivity contribution in [1.29, 1.82) is 0 Å². The Hall–Kier alpha value is -4.04. The number of amides is 3. The first kappa shape index (κ1) is 21.2. The zero-order valence-corrected chi connectivity index (χ0v) is 18.3. The number of hydrogen-bond acceptors (Lipinski definition) is 6. The first-order valence-corrected chi connectivity index (χ1v) is 10.6. The van der Waals surface area contributed by atoms with Crippen molar-refractivity contribution in [3.05, 3.63) is 72.3 Å². The Bertz CT molecular complexity index is 1350. The lowest BCUT2D eigenvalue weighted by Gasteiger charge is -2.19. The van der Waals surface area contributed by atoms with E-state index in [0.29, 0.717) is 11.4 Å². The fraction of sp³-hybridized carbons (Fsp3) is 0.0833. The molecular formula is C24H20N4O3S. The normalized spacial score (nSPS) is 10.7. The number of aryl methyl sites for hydroxylation is 1. The van der Waals surface area contributed by atoms with Gasteiger partial charge in [0.1, 0.15) is 5.01 Å². The van der Waals surface area contributed by atoms with Crippen molar-refractivity contribution < 1.29 is 14.4 Å². The van der Waals surface area contributed by atoms with Crippen LogP contribution >= 0.6 is 11.3 Å². The Morgan fingerprint density at radius 2 is 1.75 bits per heavy atom. The molecule has 0 bridgehead atoms. The van der Waals surface area contributed by atoms with E-state index in [4.69, 9.17) is 5.73 Å². The van der Waals surface area contributed by atoms with Gasteiger partial charge in [-0.1, -0.05) is 12.1 Å². The molecule has 8 heteroatoms. The summed E-state index contributed by atoms with van der Waals surface area (Å²) in [6.45, 7) is 3.25. The molecule has 4 rings (SSSR count). The molecule has 7 nitrogen and oxygen atoms in total. The molecule has 0 saturated heterocycles. The van der Waals surface area contributed by atoms with Crippen molar-refractivity contribution in [2.45, 2.75) is 13.8 Å². The zero-order valence-electron chi connectivity index (χ0n) is 17.5. The predicted octanol–water partition coefficient (Wildman–Crippen LogP) is 4.37. The average molecular weight is 445 g/mol. The molecule has 160 valence electrons. The highest BCUT2D eigenvalue weighted by molar-refractivity contribution is 7.21. The van der Waals surface area contributed by atoms with E-state index in [1.165, 1.54) is 24.6 Å². The van der Waals surface area contributed by atoms with Gasteiger partial charge in [0.15, 0.2) is 0 Å². The van der Waals surface area contributed by atoms with Gasteiger partial charge in [-0.15, -0.1) is 11.3 Å². The number of carbonyl (C=O) groups is 3. The Morgan fingerprint density at radius 1 is 1.00 bits per heavy atom. The standard InChI is InChI=1S/C24H20N4O3S/c1-14-6-11-20-21(12-14)32-23(27-20)16-7-9-18(10-8-16)26-22(30)24(31)28(15(2)29)19-5-3-4-17(25)13-19/h3-13H,25H2,1-2H3,(H,26,30). The number of hydrogen-bond donors (Lipinski definition) is 2. The summed E-state index contributed by atoms with van der Waals surface area (Å²) >= 11 is 1.59.